The van der Waals surface area contributed by atoms with Crippen molar-refractivity contribution in [3.63, 3.8) is 0 Å². The number of phenols is 1. The number of hydrogen-bond donors (Lipinski definition) is 6. The molecule has 0 bridgehead atoms. The molecule has 0 aliphatic rings. The van der Waals surface area contributed by atoms with E-state index in [0.717, 1.165) is 16.5 Å². The first-order valence-electron chi connectivity index (χ1n) is 12.5. The summed E-state index contributed by atoms with van der Waals surface area (Å²) in [5.74, 6) is -1.36. The molecule has 1 unspecified atom stereocenters. The second-order valence-corrected chi connectivity index (χ2v) is 10.3. The quantitative estimate of drug-likeness (QED) is 0.0601. The third-order valence-corrected chi connectivity index (χ3v) is 6.76. The molecule has 0 aliphatic heterocycles. The maximum atomic E-state index is 13.1. The van der Waals surface area contributed by atoms with Crippen molar-refractivity contribution in [2.24, 2.45) is 5.10 Å². The average molecular weight is 700 g/mol. The Labute approximate surface area is 260 Å². The van der Waals surface area contributed by atoms with E-state index in [1.165, 1.54) is 6.21 Å². The van der Waals surface area contributed by atoms with Gasteiger partial charge in [-0.05, 0) is 96.8 Å². The number of amides is 2. The zero-order valence-electron chi connectivity index (χ0n) is 22.1. The van der Waals surface area contributed by atoms with Crippen LogP contribution in [-0.2, 0) is 9.59 Å². The van der Waals surface area contributed by atoms with E-state index in [2.05, 4.69) is 63.9 Å². The average Bonchev–Trinajstić information content (AvgIpc) is 2.98. The number of para-hydroxylation sites is 1. The Morgan fingerprint density at radius 1 is 0.829 bits per heavy atom. The highest BCUT2D eigenvalue weighted by Gasteiger charge is 2.27. The number of carbonyl (C=O) groups excluding carboxylic acids is 2. The third-order valence-electron chi connectivity index (χ3n) is 5.34. The monoisotopic (exact) mass is 698 g/mol. The summed E-state index contributed by atoms with van der Waals surface area (Å²) in [4.78, 5) is 26.2. The van der Waals surface area contributed by atoms with E-state index >= 15 is 0 Å². The van der Waals surface area contributed by atoms with Crippen LogP contribution in [0.5, 0.6) is 5.75 Å². The number of rotatable bonds is 7. The molecule has 0 fully saturated rings. The molecule has 0 aromatic heterocycles. The molecule has 4 aromatic carbocycles. The number of anilines is 2. The highest BCUT2D eigenvalue weighted by atomic mass is 79.9. The van der Waals surface area contributed by atoms with Crippen LogP contribution in [0.25, 0.3) is 10.8 Å². The van der Waals surface area contributed by atoms with Gasteiger partial charge in [0, 0.05) is 11.4 Å². The summed E-state index contributed by atoms with van der Waals surface area (Å²) in [6, 6.07) is 24.3. The molecule has 41 heavy (non-hydrogen) atoms. The van der Waals surface area contributed by atoms with Crippen molar-refractivity contribution in [2.45, 2.75) is 19.9 Å². The minimum Gasteiger partial charge on any atom is -0.506 e. The van der Waals surface area contributed by atoms with Crippen LogP contribution in [0, 0.1) is 0 Å². The molecule has 0 saturated heterocycles. The number of hydrogen-bond acceptors (Lipinski definition) is 6. The lowest BCUT2D eigenvalue weighted by Gasteiger charge is -2.19. The minimum absolute atomic E-state index is 0.0414. The van der Waals surface area contributed by atoms with E-state index in [9.17, 15) is 14.7 Å². The van der Waals surface area contributed by atoms with Crippen LogP contribution in [0.3, 0.4) is 0 Å². The summed E-state index contributed by atoms with van der Waals surface area (Å²) in [5, 5.41) is 21.9. The van der Waals surface area contributed by atoms with Gasteiger partial charge >= 0.3 is 0 Å². The molecule has 0 saturated carbocycles. The first-order valence-corrected chi connectivity index (χ1v) is 14.5. The standard InChI is InChI=1S/C27H22Br2N6O3S.C2H6/c28-21-12-16(13-22(29)24(21)36)15-30-33-25(37)23(31-20-11-10-17-6-4-5-7-18(17)14-20)26(38)34-35-27(39)32-19-8-2-1-3-9-19;1-2/h1-15,23,31,36H,(H,33,37)(H,34,38)(H2,32,35,39);1-2H3/b30-15-;. The SMILES string of the molecule is CC.O=C(N/N=C\c1cc(Br)c(O)c(Br)c1)C(Nc1ccc2ccccc2c1)C(=O)NNC(=S)Nc1ccccc1. The summed E-state index contributed by atoms with van der Waals surface area (Å²) in [6.07, 6.45) is 1.38. The molecule has 212 valence electrons. The molecule has 0 heterocycles. The van der Waals surface area contributed by atoms with E-state index in [1.54, 1.807) is 18.2 Å². The Kier molecular flexibility index (Phi) is 12.1. The van der Waals surface area contributed by atoms with E-state index in [0.29, 0.717) is 20.2 Å². The Morgan fingerprint density at radius 3 is 2.15 bits per heavy atom. The van der Waals surface area contributed by atoms with Crippen LogP contribution in [0.2, 0.25) is 0 Å². The smallest absolute Gasteiger partial charge is 0.272 e. The lowest BCUT2D eigenvalue weighted by atomic mass is 10.1. The van der Waals surface area contributed by atoms with Crippen molar-refractivity contribution in [1.82, 2.24) is 16.3 Å². The Morgan fingerprint density at radius 2 is 1.46 bits per heavy atom. The minimum atomic E-state index is -1.37. The maximum absolute atomic E-state index is 13.1. The second-order valence-electron chi connectivity index (χ2n) is 8.14. The number of halogens is 2. The first kappa shape index (κ1) is 31.5. The highest BCUT2D eigenvalue weighted by Crippen LogP contribution is 2.32. The molecule has 0 aliphatic carbocycles. The zero-order valence-corrected chi connectivity index (χ0v) is 26.1. The third kappa shape index (κ3) is 9.27. The van der Waals surface area contributed by atoms with Crippen molar-refractivity contribution < 1.29 is 14.7 Å². The molecule has 0 radical (unpaired) electrons. The van der Waals surface area contributed by atoms with Gasteiger partial charge in [-0.1, -0.05) is 62.4 Å². The largest absolute Gasteiger partial charge is 0.506 e. The zero-order chi connectivity index (χ0) is 29.8. The number of fused-ring (bicyclic) bond motifs is 1. The van der Waals surface area contributed by atoms with E-state index < -0.39 is 17.9 Å². The molecule has 6 N–H and O–H groups in total. The maximum Gasteiger partial charge on any atom is 0.272 e. The van der Waals surface area contributed by atoms with Gasteiger partial charge in [0.05, 0.1) is 15.2 Å². The number of carbonyl (C=O) groups is 2. The van der Waals surface area contributed by atoms with Gasteiger partial charge in [-0.15, -0.1) is 0 Å². The number of hydrazone groups is 1. The molecule has 4 rings (SSSR count). The molecular weight excluding hydrogens is 672 g/mol. The Bertz CT molecular complexity index is 1530. The fourth-order valence-corrected chi connectivity index (χ4v) is 4.86. The lowest BCUT2D eigenvalue weighted by Crippen LogP contribution is -2.54. The predicted octanol–water partition coefficient (Wildman–Crippen LogP) is 6.05. The van der Waals surface area contributed by atoms with Gasteiger partial charge < -0.3 is 15.7 Å². The molecule has 1 atom stereocenters. The van der Waals surface area contributed by atoms with E-state index in [-0.39, 0.29) is 10.9 Å². The molecule has 12 heteroatoms. The van der Waals surface area contributed by atoms with Gasteiger partial charge in [0.2, 0.25) is 0 Å². The van der Waals surface area contributed by atoms with Crippen molar-refractivity contribution in [2.75, 3.05) is 10.6 Å². The summed E-state index contributed by atoms with van der Waals surface area (Å²) < 4.78 is 0.900. The van der Waals surface area contributed by atoms with E-state index in [4.69, 9.17) is 12.2 Å². The summed E-state index contributed by atoms with van der Waals surface area (Å²) in [5.41, 5.74) is 9.34. The number of nitrogens with zero attached hydrogens (tertiary/aromatic N) is 1. The summed E-state index contributed by atoms with van der Waals surface area (Å²) >= 11 is 11.7. The van der Waals surface area contributed by atoms with Gasteiger partial charge in [-0.2, -0.15) is 5.10 Å². The van der Waals surface area contributed by atoms with Crippen LogP contribution in [0.4, 0.5) is 11.4 Å². The van der Waals surface area contributed by atoms with Crippen molar-refractivity contribution >= 4 is 89.4 Å². The first-order chi connectivity index (χ1) is 19.8. The number of thiocarbonyl (C=S) groups is 1. The van der Waals surface area contributed by atoms with Crippen LogP contribution < -0.4 is 26.9 Å². The molecular formula is C29H28Br2N6O3S. The van der Waals surface area contributed by atoms with Crippen molar-refractivity contribution in [1.29, 1.82) is 0 Å². The number of nitrogens with one attached hydrogen (secondary N) is 5. The van der Waals surface area contributed by atoms with Crippen LogP contribution >= 0.6 is 44.1 Å². The molecule has 9 nitrogen and oxygen atoms in total. The number of benzene rings is 4. The topological polar surface area (TPSA) is 127 Å². The summed E-state index contributed by atoms with van der Waals surface area (Å²) in [7, 11) is 0. The number of aromatic hydroxyl groups is 1. The van der Waals surface area contributed by atoms with E-state index in [1.807, 2.05) is 80.6 Å². The fourth-order valence-electron chi connectivity index (χ4n) is 3.46. The molecule has 0 spiro atoms. The lowest BCUT2D eigenvalue weighted by molar-refractivity contribution is -0.130. The normalized spacial score (nSPS) is 11.1. The van der Waals surface area contributed by atoms with Gasteiger partial charge in [0.25, 0.3) is 11.8 Å². The Balaban J connectivity index is 0.00000226. The fraction of sp³-hybridized carbons (Fsp3) is 0.103. The van der Waals surface area contributed by atoms with Gasteiger partial charge in [-0.25, -0.2) is 5.43 Å². The highest BCUT2D eigenvalue weighted by molar-refractivity contribution is 9.11. The molecule has 4 aromatic rings. The number of hydrazine groups is 1. The van der Waals surface area contributed by atoms with Crippen LogP contribution in [0.1, 0.15) is 19.4 Å². The van der Waals surface area contributed by atoms with Gasteiger partial charge in [0.1, 0.15) is 5.75 Å². The summed E-state index contributed by atoms with van der Waals surface area (Å²) in [6.45, 7) is 4.00. The Hall–Kier alpha value is -4.00. The molecule has 2 amide bonds. The van der Waals surface area contributed by atoms with Crippen LogP contribution in [-0.4, -0.2) is 34.3 Å². The van der Waals surface area contributed by atoms with Gasteiger partial charge in [-0.3, -0.25) is 20.4 Å². The van der Waals surface area contributed by atoms with Crippen LogP contribution in [0.15, 0.2) is 99.0 Å². The number of phenolic OH excluding ortho intramolecular Hbond substituents is 1. The predicted molar refractivity (Wildman–Crippen MR) is 176 cm³/mol. The second kappa shape index (κ2) is 15.7. The van der Waals surface area contributed by atoms with Crippen molar-refractivity contribution in [3.8, 4) is 5.75 Å². The van der Waals surface area contributed by atoms with Gasteiger partial charge in [0.15, 0.2) is 11.2 Å². The van der Waals surface area contributed by atoms with Crippen molar-refractivity contribution in [3.05, 3.63) is 99.4 Å².